The van der Waals surface area contributed by atoms with Gasteiger partial charge in [-0.25, -0.2) is 4.39 Å². The first kappa shape index (κ1) is 24.1. The van der Waals surface area contributed by atoms with Gasteiger partial charge < -0.3 is 14.7 Å². The lowest BCUT2D eigenvalue weighted by atomic mass is 9.95. The van der Waals surface area contributed by atoms with Gasteiger partial charge in [0.05, 0.1) is 6.54 Å². The molecule has 0 aliphatic carbocycles. The summed E-state index contributed by atoms with van der Waals surface area (Å²) in [6.07, 6.45) is 3.06. The molecule has 5 rings (SSSR count). The molecular weight excluding hydrogens is 461 g/mol. The summed E-state index contributed by atoms with van der Waals surface area (Å²) in [6, 6.07) is 14.0. The molecule has 0 saturated carbocycles. The molecular formula is C27H30FN5O3. The van der Waals surface area contributed by atoms with Crippen molar-refractivity contribution in [1.29, 1.82) is 0 Å². The van der Waals surface area contributed by atoms with Crippen LogP contribution < -0.4 is 5.32 Å². The topological polar surface area (TPSA) is 91.6 Å². The highest BCUT2D eigenvalue weighted by Crippen LogP contribution is 2.22. The fourth-order valence-corrected chi connectivity index (χ4v) is 4.87. The first-order chi connectivity index (χ1) is 17.5. The van der Waals surface area contributed by atoms with Crippen molar-refractivity contribution in [2.45, 2.75) is 45.3 Å². The van der Waals surface area contributed by atoms with Crippen LogP contribution in [0, 0.1) is 11.7 Å². The number of aromatic nitrogens is 2. The Hall–Kier alpha value is -3.59. The number of nitrogens with one attached hydrogen (secondary N) is 1. The molecule has 3 aromatic rings. The first-order valence-electron chi connectivity index (χ1n) is 12.5. The zero-order valence-electron chi connectivity index (χ0n) is 20.2. The van der Waals surface area contributed by atoms with Crippen LogP contribution in [0.25, 0.3) is 11.4 Å². The van der Waals surface area contributed by atoms with Crippen LogP contribution in [0.1, 0.15) is 42.7 Å². The van der Waals surface area contributed by atoms with Crippen molar-refractivity contribution in [3.63, 3.8) is 0 Å². The van der Waals surface area contributed by atoms with E-state index in [0.717, 1.165) is 50.0 Å². The summed E-state index contributed by atoms with van der Waals surface area (Å²) in [7, 11) is 0. The van der Waals surface area contributed by atoms with Crippen LogP contribution in [0.15, 0.2) is 53.1 Å². The molecule has 0 spiro atoms. The second-order valence-electron chi connectivity index (χ2n) is 9.47. The summed E-state index contributed by atoms with van der Waals surface area (Å²) in [4.78, 5) is 33.4. The number of benzene rings is 2. The standard InChI is InChI=1S/C27H30FN5O3/c28-23-9-7-19(8-10-23)26-30-24(36-31-26)18-32-14-11-20(12-15-32)27(35)29-16-21-4-1-2-5-22(21)17-33-13-3-6-25(33)34/h1-2,4-5,7-10,20H,3,6,11-18H2,(H,29,35). The normalized spacial score (nSPS) is 17.0. The second kappa shape index (κ2) is 11.0. The highest BCUT2D eigenvalue weighted by molar-refractivity contribution is 5.79. The third-order valence-corrected chi connectivity index (χ3v) is 6.99. The number of hydrogen-bond donors (Lipinski definition) is 1. The molecule has 2 aromatic carbocycles. The van der Waals surface area contributed by atoms with E-state index in [-0.39, 0.29) is 23.5 Å². The number of rotatable bonds is 8. The zero-order valence-corrected chi connectivity index (χ0v) is 20.2. The maximum absolute atomic E-state index is 13.1. The quantitative estimate of drug-likeness (QED) is 0.519. The Kier molecular flexibility index (Phi) is 7.36. The Morgan fingerprint density at radius 2 is 1.78 bits per heavy atom. The van der Waals surface area contributed by atoms with E-state index in [1.165, 1.54) is 12.1 Å². The lowest BCUT2D eigenvalue weighted by Crippen LogP contribution is -2.40. The summed E-state index contributed by atoms with van der Waals surface area (Å²) >= 11 is 0. The zero-order chi connectivity index (χ0) is 24.9. The van der Waals surface area contributed by atoms with Crippen LogP contribution in [-0.2, 0) is 29.2 Å². The molecule has 1 aromatic heterocycles. The molecule has 2 fully saturated rings. The third-order valence-electron chi connectivity index (χ3n) is 6.99. The van der Waals surface area contributed by atoms with E-state index in [9.17, 15) is 14.0 Å². The molecule has 188 valence electrons. The lowest BCUT2D eigenvalue weighted by Gasteiger charge is -2.30. The summed E-state index contributed by atoms with van der Waals surface area (Å²) in [5.41, 5.74) is 2.84. The molecule has 2 amide bonds. The predicted molar refractivity (Wildman–Crippen MR) is 131 cm³/mol. The van der Waals surface area contributed by atoms with Gasteiger partial charge in [-0.3, -0.25) is 14.5 Å². The van der Waals surface area contributed by atoms with E-state index in [1.807, 2.05) is 29.2 Å². The average Bonchev–Trinajstić information content (AvgIpc) is 3.53. The Morgan fingerprint density at radius 1 is 1.03 bits per heavy atom. The van der Waals surface area contributed by atoms with Crippen molar-refractivity contribution in [3.8, 4) is 11.4 Å². The molecule has 2 aliphatic heterocycles. The number of nitrogens with zero attached hydrogens (tertiary/aromatic N) is 4. The number of amides is 2. The molecule has 3 heterocycles. The van der Waals surface area contributed by atoms with Crippen LogP contribution in [-0.4, -0.2) is 51.4 Å². The maximum atomic E-state index is 13.1. The number of carbonyl (C=O) groups is 2. The van der Waals surface area contributed by atoms with Gasteiger partial charge in [0.1, 0.15) is 5.82 Å². The minimum absolute atomic E-state index is 0.0361. The summed E-state index contributed by atoms with van der Waals surface area (Å²) in [5.74, 6) is 0.869. The number of halogens is 1. The van der Waals surface area contributed by atoms with Gasteiger partial charge in [-0.2, -0.15) is 4.98 Å². The van der Waals surface area contributed by atoms with Gasteiger partial charge in [-0.05, 0) is 67.7 Å². The predicted octanol–water partition coefficient (Wildman–Crippen LogP) is 3.53. The second-order valence-corrected chi connectivity index (χ2v) is 9.47. The SMILES string of the molecule is O=C(NCc1ccccc1CN1CCCC1=O)C1CCN(Cc2nc(-c3ccc(F)cc3)no2)CC1. The summed E-state index contributed by atoms with van der Waals surface area (Å²) in [6.45, 7) is 3.91. The van der Waals surface area contributed by atoms with E-state index >= 15 is 0 Å². The molecule has 2 saturated heterocycles. The van der Waals surface area contributed by atoms with Crippen molar-refractivity contribution in [2.75, 3.05) is 19.6 Å². The van der Waals surface area contributed by atoms with Crippen molar-refractivity contribution in [1.82, 2.24) is 25.3 Å². The minimum Gasteiger partial charge on any atom is -0.352 e. The van der Waals surface area contributed by atoms with Crippen molar-refractivity contribution >= 4 is 11.8 Å². The van der Waals surface area contributed by atoms with Crippen LogP contribution in [0.3, 0.4) is 0 Å². The number of likely N-dealkylation sites (tertiary alicyclic amines) is 2. The van der Waals surface area contributed by atoms with Crippen molar-refractivity contribution in [2.24, 2.45) is 5.92 Å². The fourth-order valence-electron chi connectivity index (χ4n) is 4.87. The van der Waals surface area contributed by atoms with Crippen LogP contribution in [0.5, 0.6) is 0 Å². The Balaban J connectivity index is 1.09. The van der Waals surface area contributed by atoms with E-state index in [4.69, 9.17) is 4.52 Å². The number of carbonyl (C=O) groups excluding carboxylic acids is 2. The Morgan fingerprint density at radius 3 is 2.50 bits per heavy atom. The first-order valence-corrected chi connectivity index (χ1v) is 12.5. The third kappa shape index (κ3) is 5.79. The van der Waals surface area contributed by atoms with Gasteiger partial charge in [0, 0.05) is 37.5 Å². The molecule has 0 atom stereocenters. The van der Waals surface area contributed by atoms with Gasteiger partial charge in [-0.1, -0.05) is 29.4 Å². The highest BCUT2D eigenvalue weighted by atomic mass is 19.1. The van der Waals surface area contributed by atoms with Gasteiger partial charge >= 0.3 is 0 Å². The van der Waals surface area contributed by atoms with E-state index in [2.05, 4.69) is 20.4 Å². The molecule has 36 heavy (non-hydrogen) atoms. The Bertz CT molecular complexity index is 1200. The molecule has 0 bridgehead atoms. The van der Waals surface area contributed by atoms with E-state index in [0.29, 0.717) is 43.3 Å². The summed E-state index contributed by atoms with van der Waals surface area (Å²) in [5, 5.41) is 7.11. The Labute approximate surface area is 209 Å². The van der Waals surface area contributed by atoms with E-state index < -0.39 is 0 Å². The highest BCUT2D eigenvalue weighted by Gasteiger charge is 2.26. The molecule has 9 heteroatoms. The van der Waals surface area contributed by atoms with Gasteiger partial charge in [0.25, 0.3) is 0 Å². The smallest absolute Gasteiger partial charge is 0.241 e. The van der Waals surface area contributed by atoms with Crippen LogP contribution in [0.4, 0.5) is 4.39 Å². The van der Waals surface area contributed by atoms with Crippen LogP contribution in [0.2, 0.25) is 0 Å². The van der Waals surface area contributed by atoms with Crippen LogP contribution >= 0.6 is 0 Å². The largest absolute Gasteiger partial charge is 0.352 e. The fraction of sp³-hybridized carbons (Fsp3) is 0.407. The molecule has 8 nitrogen and oxygen atoms in total. The van der Waals surface area contributed by atoms with Crippen molar-refractivity contribution < 1.29 is 18.5 Å². The number of hydrogen-bond acceptors (Lipinski definition) is 6. The average molecular weight is 492 g/mol. The number of piperidine rings is 1. The molecule has 1 N–H and O–H groups in total. The van der Waals surface area contributed by atoms with Gasteiger partial charge in [-0.15, -0.1) is 0 Å². The minimum atomic E-state index is -0.308. The summed E-state index contributed by atoms with van der Waals surface area (Å²) < 4.78 is 18.5. The van der Waals surface area contributed by atoms with Gasteiger partial charge in [0.15, 0.2) is 0 Å². The van der Waals surface area contributed by atoms with E-state index in [1.54, 1.807) is 12.1 Å². The molecule has 2 aliphatic rings. The molecule has 0 radical (unpaired) electrons. The monoisotopic (exact) mass is 491 g/mol. The maximum Gasteiger partial charge on any atom is 0.241 e. The van der Waals surface area contributed by atoms with Gasteiger partial charge in [0.2, 0.25) is 23.5 Å². The lowest BCUT2D eigenvalue weighted by molar-refractivity contribution is -0.128. The van der Waals surface area contributed by atoms with Crippen molar-refractivity contribution in [3.05, 3.63) is 71.4 Å². The molecule has 0 unspecified atom stereocenters.